The van der Waals surface area contributed by atoms with Crippen LogP contribution < -0.4 is 5.32 Å². The first-order valence-electron chi connectivity index (χ1n) is 7.73. The number of benzene rings is 1. The summed E-state index contributed by atoms with van der Waals surface area (Å²) in [6.07, 6.45) is 1.48. The van der Waals surface area contributed by atoms with Gasteiger partial charge in [-0.2, -0.15) is 0 Å². The Hall–Kier alpha value is -0.900. The van der Waals surface area contributed by atoms with Gasteiger partial charge in [-0.05, 0) is 50.4 Å². The highest BCUT2D eigenvalue weighted by Crippen LogP contribution is 2.23. The summed E-state index contributed by atoms with van der Waals surface area (Å²) >= 11 is 0. The molecule has 110 valence electrons. The van der Waals surface area contributed by atoms with Crippen molar-refractivity contribution in [2.45, 2.75) is 52.0 Å². The van der Waals surface area contributed by atoms with Crippen molar-refractivity contribution in [2.24, 2.45) is 0 Å². The van der Waals surface area contributed by atoms with Crippen LogP contribution >= 0.6 is 0 Å². The quantitative estimate of drug-likeness (QED) is 0.896. The van der Waals surface area contributed by atoms with Crippen LogP contribution in [0.5, 0.6) is 0 Å². The van der Waals surface area contributed by atoms with E-state index in [4.69, 9.17) is 4.74 Å². The van der Waals surface area contributed by atoms with Gasteiger partial charge in [0.25, 0.3) is 0 Å². The number of hydrogen-bond donors (Lipinski definition) is 1. The maximum absolute atomic E-state index is 5.98. The maximum atomic E-state index is 5.98. The van der Waals surface area contributed by atoms with Crippen LogP contribution in [0.25, 0.3) is 0 Å². The van der Waals surface area contributed by atoms with Crippen molar-refractivity contribution < 1.29 is 4.74 Å². The third-order valence-corrected chi connectivity index (χ3v) is 4.20. The van der Waals surface area contributed by atoms with Gasteiger partial charge in [0.2, 0.25) is 0 Å². The van der Waals surface area contributed by atoms with Crippen molar-refractivity contribution in [1.29, 1.82) is 0 Å². The van der Waals surface area contributed by atoms with Gasteiger partial charge < -0.3 is 10.1 Å². The first kappa shape index (κ1) is 14.1. The Kier molecular flexibility index (Phi) is 3.85. The monoisotopic (exact) mass is 274 g/mol. The Morgan fingerprint density at radius 3 is 3.00 bits per heavy atom. The summed E-state index contributed by atoms with van der Waals surface area (Å²) < 4.78 is 5.98. The molecule has 2 heterocycles. The lowest BCUT2D eigenvalue weighted by atomic mass is 9.98. The topological polar surface area (TPSA) is 24.5 Å². The van der Waals surface area contributed by atoms with E-state index in [1.165, 1.54) is 16.7 Å². The van der Waals surface area contributed by atoms with Gasteiger partial charge >= 0.3 is 0 Å². The van der Waals surface area contributed by atoms with Gasteiger partial charge in [0, 0.05) is 26.2 Å². The minimum atomic E-state index is -0.0343. The summed E-state index contributed by atoms with van der Waals surface area (Å²) in [7, 11) is 0. The molecule has 3 rings (SSSR count). The molecule has 0 amide bonds. The van der Waals surface area contributed by atoms with Gasteiger partial charge in [-0.3, -0.25) is 4.90 Å². The molecule has 1 aromatic rings. The van der Waals surface area contributed by atoms with E-state index in [2.05, 4.69) is 49.2 Å². The standard InChI is InChI=1S/C17H26N2O/c1-13-10-19(12-17(2,3)20-13)11-14-4-5-15-6-7-18-9-16(15)8-14/h4-5,8,13,18H,6-7,9-12H2,1-3H3. The van der Waals surface area contributed by atoms with Crippen molar-refractivity contribution in [3.05, 3.63) is 34.9 Å². The zero-order valence-electron chi connectivity index (χ0n) is 12.9. The van der Waals surface area contributed by atoms with Crippen molar-refractivity contribution in [1.82, 2.24) is 10.2 Å². The molecule has 1 N–H and O–H groups in total. The summed E-state index contributed by atoms with van der Waals surface area (Å²) in [5.41, 5.74) is 4.39. The van der Waals surface area contributed by atoms with Gasteiger partial charge in [0.1, 0.15) is 0 Å². The number of fused-ring (bicyclic) bond motifs is 1. The summed E-state index contributed by atoms with van der Waals surface area (Å²) in [5.74, 6) is 0. The highest BCUT2D eigenvalue weighted by atomic mass is 16.5. The normalized spacial score (nSPS) is 26.2. The molecular weight excluding hydrogens is 248 g/mol. The molecule has 0 bridgehead atoms. The van der Waals surface area contributed by atoms with Gasteiger partial charge in [-0.15, -0.1) is 0 Å². The molecule has 2 aliphatic rings. The largest absolute Gasteiger partial charge is 0.370 e. The van der Waals surface area contributed by atoms with Crippen LogP contribution in [0.2, 0.25) is 0 Å². The number of morpholine rings is 1. The third-order valence-electron chi connectivity index (χ3n) is 4.20. The van der Waals surface area contributed by atoms with Crippen molar-refractivity contribution in [2.75, 3.05) is 19.6 Å². The molecule has 0 aliphatic carbocycles. The third kappa shape index (κ3) is 3.22. The Morgan fingerprint density at radius 1 is 1.35 bits per heavy atom. The number of rotatable bonds is 2. The molecule has 20 heavy (non-hydrogen) atoms. The summed E-state index contributed by atoms with van der Waals surface area (Å²) in [4.78, 5) is 2.52. The molecule has 1 atom stereocenters. The molecule has 1 fully saturated rings. The van der Waals surface area contributed by atoms with Crippen molar-refractivity contribution >= 4 is 0 Å². The van der Waals surface area contributed by atoms with Gasteiger partial charge in [-0.25, -0.2) is 0 Å². The minimum absolute atomic E-state index is 0.0343. The fourth-order valence-electron chi connectivity index (χ4n) is 3.60. The highest BCUT2D eigenvalue weighted by Gasteiger charge is 2.31. The van der Waals surface area contributed by atoms with E-state index in [0.29, 0.717) is 6.10 Å². The second-order valence-electron chi connectivity index (χ2n) is 6.89. The summed E-state index contributed by atoms with van der Waals surface area (Å²) in [6, 6.07) is 7.01. The lowest BCUT2D eigenvalue weighted by Gasteiger charge is -2.41. The molecule has 3 nitrogen and oxygen atoms in total. The molecule has 1 saturated heterocycles. The van der Waals surface area contributed by atoms with E-state index >= 15 is 0 Å². The average Bonchev–Trinajstić information content (AvgIpc) is 2.36. The highest BCUT2D eigenvalue weighted by molar-refractivity contribution is 5.33. The summed E-state index contributed by atoms with van der Waals surface area (Å²) in [5, 5.41) is 3.46. The second kappa shape index (κ2) is 5.47. The van der Waals surface area contributed by atoms with E-state index in [1.807, 2.05) is 0 Å². The Morgan fingerprint density at radius 2 is 2.20 bits per heavy atom. The SMILES string of the molecule is CC1CN(Cc2ccc3c(c2)CNCC3)CC(C)(C)O1. The first-order valence-corrected chi connectivity index (χ1v) is 7.73. The first-order chi connectivity index (χ1) is 9.52. The van der Waals surface area contributed by atoms with Crippen LogP contribution in [0.3, 0.4) is 0 Å². The van der Waals surface area contributed by atoms with Gasteiger partial charge in [0.15, 0.2) is 0 Å². The van der Waals surface area contributed by atoms with E-state index in [9.17, 15) is 0 Å². The zero-order valence-corrected chi connectivity index (χ0v) is 12.9. The fraction of sp³-hybridized carbons (Fsp3) is 0.647. The number of nitrogens with zero attached hydrogens (tertiary/aromatic N) is 1. The molecule has 0 spiro atoms. The molecule has 0 radical (unpaired) electrons. The Bertz CT molecular complexity index is 484. The minimum Gasteiger partial charge on any atom is -0.370 e. The Balaban J connectivity index is 1.71. The second-order valence-corrected chi connectivity index (χ2v) is 6.89. The molecule has 1 unspecified atom stereocenters. The van der Waals surface area contributed by atoms with Gasteiger partial charge in [-0.1, -0.05) is 18.2 Å². The summed E-state index contributed by atoms with van der Waals surface area (Å²) in [6.45, 7) is 11.7. The smallest absolute Gasteiger partial charge is 0.0757 e. The van der Waals surface area contributed by atoms with Crippen LogP contribution in [0.15, 0.2) is 18.2 Å². The van der Waals surface area contributed by atoms with E-state index < -0.39 is 0 Å². The fourth-order valence-corrected chi connectivity index (χ4v) is 3.60. The lowest BCUT2D eigenvalue weighted by Crippen LogP contribution is -2.51. The number of nitrogens with one attached hydrogen (secondary N) is 1. The molecule has 2 aliphatic heterocycles. The van der Waals surface area contributed by atoms with Crippen molar-refractivity contribution in [3.8, 4) is 0 Å². The van der Waals surface area contributed by atoms with E-state index in [1.54, 1.807) is 0 Å². The van der Waals surface area contributed by atoms with E-state index in [-0.39, 0.29) is 5.60 Å². The molecular formula is C17H26N2O. The molecule has 0 saturated carbocycles. The number of ether oxygens (including phenoxy) is 1. The van der Waals surface area contributed by atoms with E-state index in [0.717, 1.165) is 39.1 Å². The molecule has 3 heteroatoms. The van der Waals surface area contributed by atoms with Crippen LogP contribution in [-0.4, -0.2) is 36.2 Å². The Labute approximate surface area is 122 Å². The predicted molar refractivity (Wildman–Crippen MR) is 81.8 cm³/mol. The molecule has 0 aromatic heterocycles. The molecule has 1 aromatic carbocycles. The van der Waals surface area contributed by atoms with Crippen LogP contribution in [0.4, 0.5) is 0 Å². The van der Waals surface area contributed by atoms with Crippen LogP contribution in [-0.2, 0) is 24.2 Å². The lowest BCUT2D eigenvalue weighted by molar-refractivity contribution is -0.130. The van der Waals surface area contributed by atoms with Crippen LogP contribution in [0.1, 0.15) is 37.5 Å². The van der Waals surface area contributed by atoms with Crippen LogP contribution in [0, 0.1) is 0 Å². The predicted octanol–water partition coefficient (Wildman–Crippen LogP) is 2.33. The average molecular weight is 274 g/mol. The van der Waals surface area contributed by atoms with Crippen molar-refractivity contribution in [3.63, 3.8) is 0 Å². The maximum Gasteiger partial charge on any atom is 0.0757 e. The van der Waals surface area contributed by atoms with Gasteiger partial charge in [0.05, 0.1) is 11.7 Å². The number of hydrogen-bond acceptors (Lipinski definition) is 3. The zero-order chi connectivity index (χ0) is 14.2.